The van der Waals surface area contributed by atoms with Crippen molar-refractivity contribution < 1.29 is 9.50 Å². The van der Waals surface area contributed by atoms with E-state index < -0.39 is 5.82 Å². The molecule has 1 aromatic carbocycles. The van der Waals surface area contributed by atoms with Crippen LogP contribution in [0.5, 0.6) is 0 Å². The number of hydrogen-bond acceptors (Lipinski definition) is 3. The number of aryl methyl sites for hydroxylation is 1. The van der Waals surface area contributed by atoms with Crippen molar-refractivity contribution in [2.75, 3.05) is 4.90 Å². The third-order valence-electron chi connectivity index (χ3n) is 3.77. The molecular formula is C18H16ClFN2O. The van der Waals surface area contributed by atoms with Crippen molar-refractivity contribution in [3.05, 3.63) is 76.5 Å². The van der Waals surface area contributed by atoms with Gasteiger partial charge in [0.25, 0.3) is 0 Å². The Morgan fingerprint density at radius 3 is 2.74 bits per heavy atom. The number of aromatic nitrogens is 1. The van der Waals surface area contributed by atoms with E-state index in [2.05, 4.69) is 4.98 Å². The Morgan fingerprint density at radius 1 is 1.26 bits per heavy atom. The maximum absolute atomic E-state index is 13.5. The van der Waals surface area contributed by atoms with Gasteiger partial charge in [-0.2, -0.15) is 0 Å². The van der Waals surface area contributed by atoms with Gasteiger partial charge in [-0.3, -0.25) is 4.98 Å². The Hall–Kier alpha value is -2.33. The smallest absolute Gasteiger partial charge is 0.141 e. The van der Waals surface area contributed by atoms with Crippen LogP contribution in [0.4, 0.5) is 10.1 Å². The molecule has 0 spiro atoms. The summed E-state index contributed by atoms with van der Waals surface area (Å²) in [5, 5.41) is 10.5. The van der Waals surface area contributed by atoms with E-state index in [1.165, 1.54) is 6.07 Å². The first-order valence-corrected chi connectivity index (χ1v) is 7.64. The van der Waals surface area contributed by atoms with Crippen LogP contribution in [0.1, 0.15) is 18.2 Å². The molecule has 2 aromatic rings. The maximum atomic E-state index is 13.5. The molecule has 0 radical (unpaired) electrons. The summed E-state index contributed by atoms with van der Waals surface area (Å²) in [7, 11) is 0. The van der Waals surface area contributed by atoms with Crippen LogP contribution in [-0.4, -0.2) is 16.1 Å². The molecule has 1 aromatic heterocycles. The highest BCUT2D eigenvalue weighted by atomic mass is 35.5. The van der Waals surface area contributed by atoms with E-state index in [4.69, 9.17) is 11.6 Å². The molecule has 1 unspecified atom stereocenters. The quantitative estimate of drug-likeness (QED) is 0.853. The number of allylic oxidation sites excluding steroid dienone is 1. The van der Waals surface area contributed by atoms with Crippen LogP contribution < -0.4 is 4.90 Å². The minimum absolute atomic E-state index is 0.0177. The van der Waals surface area contributed by atoms with E-state index in [-0.39, 0.29) is 16.8 Å². The number of hydrogen-bond donors (Lipinski definition) is 1. The molecule has 3 rings (SSSR count). The Bertz CT molecular complexity index is 816. The number of rotatable bonds is 2. The highest BCUT2D eigenvalue weighted by molar-refractivity contribution is 6.31. The first kappa shape index (κ1) is 15.6. The first-order chi connectivity index (χ1) is 11.0. The molecule has 118 valence electrons. The molecule has 0 bridgehead atoms. The van der Waals surface area contributed by atoms with E-state index in [1.807, 2.05) is 37.0 Å². The lowest BCUT2D eigenvalue weighted by Gasteiger charge is -2.35. The molecule has 0 saturated heterocycles. The summed E-state index contributed by atoms with van der Waals surface area (Å²) in [5.41, 5.74) is 3.05. The zero-order valence-electron chi connectivity index (χ0n) is 12.8. The highest BCUT2D eigenvalue weighted by Crippen LogP contribution is 2.35. The molecule has 5 heteroatoms. The molecule has 0 aliphatic carbocycles. The number of halogens is 2. The normalized spacial score (nSPS) is 17.7. The lowest BCUT2D eigenvalue weighted by Crippen LogP contribution is -2.33. The van der Waals surface area contributed by atoms with Crippen molar-refractivity contribution in [3.8, 4) is 0 Å². The molecule has 23 heavy (non-hydrogen) atoms. The van der Waals surface area contributed by atoms with Gasteiger partial charge in [-0.25, -0.2) is 4.39 Å². The van der Waals surface area contributed by atoms with Gasteiger partial charge >= 0.3 is 0 Å². The predicted octanol–water partition coefficient (Wildman–Crippen LogP) is 4.87. The largest absolute Gasteiger partial charge is 0.506 e. The first-order valence-electron chi connectivity index (χ1n) is 7.26. The Morgan fingerprint density at radius 2 is 2.04 bits per heavy atom. The van der Waals surface area contributed by atoms with Gasteiger partial charge in [-0.15, -0.1) is 0 Å². The summed E-state index contributed by atoms with van der Waals surface area (Å²) in [6, 6.07) is 8.26. The van der Waals surface area contributed by atoms with Gasteiger partial charge < -0.3 is 10.0 Å². The number of nitrogens with zero attached hydrogens (tertiary/aromatic N) is 2. The van der Waals surface area contributed by atoms with Gasteiger partial charge in [0.1, 0.15) is 11.6 Å². The standard InChI is InChI=1S/C18H16ClFN2O/c1-11-9-13(7-8-21-11)18-17(23)6-3-12(2)22(18)14-4-5-16(20)15(19)10-14/h3-10,12,23H,1-2H3. The molecule has 1 aliphatic rings. The van der Waals surface area contributed by atoms with Gasteiger partial charge in [-0.05, 0) is 50.3 Å². The Labute approximate surface area is 139 Å². The average Bonchev–Trinajstić information content (AvgIpc) is 2.52. The minimum atomic E-state index is -0.467. The summed E-state index contributed by atoms with van der Waals surface area (Å²) in [5.74, 6) is -0.320. The molecule has 3 nitrogen and oxygen atoms in total. The minimum Gasteiger partial charge on any atom is -0.506 e. The van der Waals surface area contributed by atoms with Gasteiger partial charge in [0.15, 0.2) is 0 Å². The second-order valence-electron chi connectivity index (χ2n) is 5.49. The third-order valence-corrected chi connectivity index (χ3v) is 4.06. The van der Waals surface area contributed by atoms with E-state index in [0.717, 1.165) is 11.3 Å². The van der Waals surface area contributed by atoms with Crippen LogP contribution in [0, 0.1) is 12.7 Å². The van der Waals surface area contributed by atoms with Crippen molar-refractivity contribution in [1.29, 1.82) is 0 Å². The summed E-state index contributed by atoms with van der Waals surface area (Å²) >= 11 is 5.93. The SMILES string of the molecule is Cc1cc(C2=C(O)C=CC(C)N2c2ccc(F)c(Cl)c2)ccn1. The Balaban J connectivity index is 2.16. The summed E-state index contributed by atoms with van der Waals surface area (Å²) in [6.45, 7) is 3.89. The fourth-order valence-electron chi connectivity index (χ4n) is 2.70. The van der Waals surface area contributed by atoms with Gasteiger partial charge in [0.2, 0.25) is 0 Å². The van der Waals surface area contributed by atoms with E-state index in [1.54, 1.807) is 24.4 Å². The summed E-state index contributed by atoms with van der Waals surface area (Å²) in [4.78, 5) is 6.12. The van der Waals surface area contributed by atoms with Gasteiger partial charge in [0.05, 0.1) is 10.7 Å². The second-order valence-corrected chi connectivity index (χ2v) is 5.90. The molecule has 2 heterocycles. The highest BCUT2D eigenvalue weighted by Gasteiger charge is 2.25. The van der Waals surface area contributed by atoms with Gasteiger partial charge in [-0.1, -0.05) is 17.7 Å². The van der Waals surface area contributed by atoms with E-state index >= 15 is 0 Å². The molecule has 0 saturated carbocycles. The Kier molecular flexibility index (Phi) is 4.09. The maximum Gasteiger partial charge on any atom is 0.141 e. The van der Waals surface area contributed by atoms with Crippen molar-refractivity contribution in [2.24, 2.45) is 0 Å². The van der Waals surface area contributed by atoms with Crippen LogP contribution in [0.3, 0.4) is 0 Å². The van der Waals surface area contributed by atoms with Crippen LogP contribution >= 0.6 is 11.6 Å². The van der Waals surface area contributed by atoms with Crippen LogP contribution in [0.15, 0.2) is 54.4 Å². The molecule has 0 fully saturated rings. The zero-order chi connectivity index (χ0) is 16.6. The third kappa shape index (κ3) is 2.94. The second kappa shape index (κ2) is 6.05. The number of aliphatic hydroxyl groups excluding tert-OH is 1. The molecule has 0 amide bonds. The van der Waals surface area contributed by atoms with E-state index in [0.29, 0.717) is 11.4 Å². The van der Waals surface area contributed by atoms with Gasteiger partial charge in [0, 0.05) is 29.2 Å². The monoisotopic (exact) mass is 330 g/mol. The van der Waals surface area contributed by atoms with Crippen molar-refractivity contribution >= 4 is 23.0 Å². The number of benzene rings is 1. The molecule has 1 N–H and O–H groups in total. The number of anilines is 1. The van der Waals surface area contributed by atoms with Crippen molar-refractivity contribution in [3.63, 3.8) is 0 Å². The number of pyridine rings is 1. The van der Waals surface area contributed by atoms with Crippen molar-refractivity contribution in [2.45, 2.75) is 19.9 Å². The topological polar surface area (TPSA) is 36.4 Å². The lowest BCUT2D eigenvalue weighted by atomic mass is 10.0. The van der Waals surface area contributed by atoms with Crippen LogP contribution in [-0.2, 0) is 0 Å². The summed E-state index contributed by atoms with van der Waals surface area (Å²) in [6.07, 6.45) is 5.26. The average molecular weight is 331 g/mol. The molecule has 1 atom stereocenters. The van der Waals surface area contributed by atoms with Crippen LogP contribution in [0.2, 0.25) is 5.02 Å². The van der Waals surface area contributed by atoms with Crippen LogP contribution in [0.25, 0.3) is 5.70 Å². The van der Waals surface area contributed by atoms with Crippen molar-refractivity contribution in [1.82, 2.24) is 4.98 Å². The number of aliphatic hydroxyl groups is 1. The fraction of sp³-hybridized carbons (Fsp3) is 0.167. The molecule has 1 aliphatic heterocycles. The predicted molar refractivity (Wildman–Crippen MR) is 91.0 cm³/mol. The zero-order valence-corrected chi connectivity index (χ0v) is 13.5. The van der Waals surface area contributed by atoms with E-state index in [9.17, 15) is 9.50 Å². The lowest BCUT2D eigenvalue weighted by molar-refractivity contribution is 0.430. The summed E-state index contributed by atoms with van der Waals surface area (Å²) < 4.78 is 13.5. The fourth-order valence-corrected chi connectivity index (χ4v) is 2.88. The molecular weight excluding hydrogens is 315 g/mol.